The predicted molar refractivity (Wildman–Crippen MR) is 84.1 cm³/mol. The van der Waals surface area contributed by atoms with Crippen molar-refractivity contribution in [2.75, 3.05) is 7.11 Å². The molecule has 2 unspecified atom stereocenters. The molecule has 1 aromatic heterocycles. The summed E-state index contributed by atoms with van der Waals surface area (Å²) in [5.41, 5.74) is 2.22. The molecule has 2 atom stereocenters. The van der Waals surface area contributed by atoms with Crippen LogP contribution in [0, 0.1) is 0 Å². The number of methoxy groups -OCH3 is 1. The smallest absolute Gasteiger partial charge is 0.0891 e. The first-order chi connectivity index (χ1) is 10.2. The number of aromatic nitrogens is 1. The minimum atomic E-state index is 0.313. The van der Waals surface area contributed by atoms with Crippen LogP contribution in [0.2, 0.25) is 0 Å². The molecule has 118 valence electrons. The van der Waals surface area contributed by atoms with E-state index in [0.717, 1.165) is 31.5 Å². The maximum Gasteiger partial charge on any atom is 0.0891 e. The van der Waals surface area contributed by atoms with Gasteiger partial charge in [0.2, 0.25) is 0 Å². The Kier molecular flexibility index (Phi) is 6.61. The molecule has 1 aromatic rings. The lowest BCUT2D eigenvalue weighted by molar-refractivity contribution is -0.0372. The summed E-state index contributed by atoms with van der Waals surface area (Å²) in [4.78, 5) is 4.48. The van der Waals surface area contributed by atoms with Crippen LogP contribution in [-0.4, -0.2) is 30.3 Å². The molecule has 0 amide bonds. The van der Waals surface area contributed by atoms with E-state index in [4.69, 9.17) is 9.47 Å². The van der Waals surface area contributed by atoms with Gasteiger partial charge in [0.15, 0.2) is 0 Å². The molecule has 0 spiro atoms. The van der Waals surface area contributed by atoms with Gasteiger partial charge in [0.25, 0.3) is 0 Å². The summed E-state index contributed by atoms with van der Waals surface area (Å²) in [5.74, 6) is 0. The molecule has 2 rings (SSSR count). The summed E-state index contributed by atoms with van der Waals surface area (Å²) >= 11 is 0. The number of hydrogen-bond acceptors (Lipinski definition) is 4. The summed E-state index contributed by atoms with van der Waals surface area (Å²) in [5, 5.41) is 3.39. The van der Waals surface area contributed by atoms with Crippen molar-refractivity contribution < 1.29 is 9.47 Å². The zero-order valence-electron chi connectivity index (χ0n) is 13.5. The van der Waals surface area contributed by atoms with Gasteiger partial charge in [-0.2, -0.15) is 0 Å². The highest BCUT2D eigenvalue weighted by molar-refractivity contribution is 5.13. The highest BCUT2D eigenvalue weighted by Gasteiger charge is 2.22. The summed E-state index contributed by atoms with van der Waals surface area (Å²) in [6.45, 7) is 5.75. The lowest BCUT2D eigenvalue weighted by Gasteiger charge is -2.28. The fourth-order valence-electron chi connectivity index (χ4n) is 2.64. The lowest BCUT2D eigenvalue weighted by Crippen LogP contribution is -2.27. The third-order valence-corrected chi connectivity index (χ3v) is 3.98. The minimum Gasteiger partial charge on any atom is -0.381 e. The number of nitrogens with one attached hydrogen (secondary N) is 1. The molecule has 0 aliphatic heterocycles. The van der Waals surface area contributed by atoms with Gasteiger partial charge in [0.05, 0.1) is 24.5 Å². The first-order valence-electron chi connectivity index (χ1n) is 7.99. The topological polar surface area (TPSA) is 43.4 Å². The highest BCUT2D eigenvalue weighted by Crippen LogP contribution is 2.23. The summed E-state index contributed by atoms with van der Waals surface area (Å²) in [6.07, 6.45) is 7.10. The van der Waals surface area contributed by atoms with E-state index in [-0.39, 0.29) is 0 Å². The van der Waals surface area contributed by atoms with Crippen LogP contribution in [-0.2, 0) is 22.6 Å². The number of rotatable bonds is 7. The average molecular weight is 292 g/mol. The van der Waals surface area contributed by atoms with Crippen molar-refractivity contribution in [1.29, 1.82) is 0 Å². The van der Waals surface area contributed by atoms with E-state index < -0.39 is 0 Å². The van der Waals surface area contributed by atoms with Crippen LogP contribution in [0.4, 0.5) is 0 Å². The highest BCUT2D eigenvalue weighted by atomic mass is 16.5. The van der Waals surface area contributed by atoms with Crippen LogP contribution in [0.3, 0.4) is 0 Å². The van der Waals surface area contributed by atoms with Crippen molar-refractivity contribution in [3.05, 3.63) is 29.6 Å². The summed E-state index contributed by atoms with van der Waals surface area (Å²) < 4.78 is 11.4. The van der Waals surface area contributed by atoms with Gasteiger partial charge in [-0.15, -0.1) is 0 Å². The second-order valence-electron chi connectivity index (χ2n) is 6.15. The predicted octanol–water partition coefficient (Wildman–Crippen LogP) is 3.05. The molecule has 21 heavy (non-hydrogen) atoms. The molecule has 1 fully saturated rings. The second kappa shape index (κ2) is 8.47. The molecule has 1 heterocycles. The van der Waals surface area contributed by atoms with Crippen LogP contribution in [0.25, 0.3) is 0 Å². The van der Waals surface area contributed by atoms with E-state index in [0.29, 0.717) is 24.9 Å². The zero-order chi connectivity index (χ0) is 15.1. The normalized spacial score (nSPS) is 22.7. The summed E-state index contributed by atoms with van der Waals surface area (Å²) in [7, 11) is 1.79. The molecular weight excluding hydrogens is 264 g/mol. The first-order valence-corrected chi connectivity index (χ1v) is 7.99. The SMILES string of the molecule is COC1CCCC(OCc2ccc(CNC(C)C)cn2)C1. The largest absolute Gasteiger partial charge is 0.381 e. The van der Waals surface area contributed by atoms with Gasteiger partial charge in [-0.3, -0.25) is 4.98 Å². The van der Waals surface area contributed by atoms with E-state index in [9.17, 15) is 0 Å². The zero-order valence-corrected chi connectivity index (χ0v) is 13.5. The van der Waals surface area contributed by atoms with Gasteiger partial charge in [-0.25, -0.2) is 0 Å². The third kappa shape index (κ3) is 5.73. The Morgan fingerprint density at radius 2 is 2.10 bits per heavy atom. The van der Waals surface area contributed by atoms with Crippen LogP contribution in [0.1, 0.15) is 50.8 Å². The number of hydrogen-bond donors (Lipinski definition) is 1. The van der Waals surface area contributed by atoms with Crippen LogP contribution < -0.4 is 5.32 Å². The van der Waals surface area contributed by atoms with Gasteiger partial charge in [-0.05, 0) is 37.3 Å². The Bertz CT molecular complexity index is 406. The Labute approximate surface area is 128 Å². The number of nitrogens with zero attached hydrogens (tertiary/aromatic N) is 1. The molecule has 0 aromatic carbocycles. The molecular formula is C17H28N2O2. The third-order valence-electron chi connectivity index (χ3n) is 3.98. The monoisotopic (exact) mass is 292 g/mol. The molecule has 4 heteroatoms. The molecule has 1 N–H and O–H groups in total. The van der Waals surface area contributed by atoms with Crippen molar-refractivity contribution in [2.45, 2.75) is 70.9 Å². The van der Waals surface area contributed by atoms with Crippen molar-refractivity contribution in [3.63, 3.8) is 0 Å². The van der Waals surface area contributed by atoms with E-state index >= 15 is 0 Å². The van der Waals surface area contributed by atoms with E-state index in [1.807, 2.05) is 6.20 Å². The van der Waals surface area contributed by atoms with Gasteiger partial charge in [0, 0.05) is 25.9 Å². The van der Waals surface area contributed by atoms with Crippen molar-refractivity contribution >= 4 is 0 Å². The quantitative estimate of drug-likeness (QED) is 0.839. The first kappa shape index (κ1) is 16.4. The number of pyridine rings is 1. The lowest BCUT2D eigenvalue weighted by atomic mass is 9.95. The molecule has 1 aliphatic carbocycles. The van der Waals surface area contributed by atoms with E-state index in [1.165, 1.54) is 12.0 Å². The Morgan fingerprint density at radius 1 is 1.29 bits per heavy atom. The minimum absolute atomic E-state index is 0.313. The second-order valence-corrected chi connectivity index (χ2v) is 6.15. The van der Waals surface area contributed by atoms with Crippen LogP contribution >= 0.6 is 0 Å². The van der Waals surface area contributed by atoms with Crippen LogP contribution in [0.15, 0.2) is 18.3 Å². The maximum atomic E-state index is 5.98. The van der Waals surface area contributed by atoms with Gasteiger partial charge in [0.1, 0.15) is 0 Å². The maximum absolute atomic E-state index is 5.98. The van der Waals surface area contributed by atoms with Crippen LogP contribution in [0.5, 0.6) is 0 Å². The fourth-order valence-corrected chi connectivity index (χ4v) is 2.64. The van der Waals surface area contributed by atoms with E-state index in [1.54, 1.807) is 7.11 Å². The summed E-state index contributed by atoms with van der Waals surface area (Å²) in [6, 6.07) is 4.68. The Morgan fingerprint density at radius 3 is 2.76 bits per heavy atom. The van der Waals surface area contributed by atoms with Gasteiger partial charge < -0.3 is 14.8 Å². The van der Waals surface area contributed by atoms with Gasteiger partial charge >= 0.3 is 0 Å². The van der Waals surface area contributed by atoms with Crippen molar-refractivity contribution in [3.8, 4) is 0 Å². The van der Waals surface area contributed by atoms with E-state index in [2.05, 4.69) is 36.3 Å². The van der Waals surface area contributed by atoms with Gasteiger partial charge in [-0.1, -0.05) is 19.9 Å². The molecule has 4 nitrogen and oxygen atoms in total. The standard InChI is InChI=1S/C17H28N2O2/c1-13(2)18-10-14-7-8-15(19-11-14)12-21-17-6-4-5-16(9-17)20-3/h7-8,11,13,16-18H,4-6,9-10,12H2,1-3H3. The average Bonchev–Trinajstić information content (AvgIpc) is 2.52. The fraction of sp³-hybridized carbons (Fsp3) is 0.706. The molecule has 0 saturated heterocycles. The van der Waals surface area contributed by atoms with Crippen molar-refractivity contribution in [1.82, 2.24) is 10.3 Å². The van der Waals surface area contributed by atoms with Crippen molar-refractivity contribution in [2.24, 2.45) is 0 Å². The Hall–Kier alpha value is -0.970. The molecule has 1 aliphatic rings. The molecule has 1 saturated carbocycles. The Balaban J connectivity index is 1.75. The number of ether oxygens (including phenoxy) is 2. The molecule has 0 bridgehead atoms. The molecule has 0 radical (unpaired) electrons.